The monoisotopic (exact) mass is 441 g/mol. The quantitative estimate of drug-likeness (QED) is 0.370. The van der Waals surface area contributed by atoms with E-state index in [0.717, 1.165) is 10.4 Å². The van der Waals surface area contributed by atoms with Gasteiger partial charge in [-0.3, -0.25) is 14.9 Å². The van der Waals surface area contributed by atoms with Gasteiger partial charge in [0.05, 0.1) is 12.0 Å². The van der Waals surface area contributed by atoms with Crippen LogP contribution in [0.2, 0.25) is 0 Å². The first-order valence-corrected chi connectivity index (χ1v) is 10.5. The average molecular weight is 442 g/mol. The van der Waals surface area contributed by atoms with Crippen LogP contribution < -0.4 is 20.1 Å². The molecule has 9 heteroatoms. The van der Waals surface area contributed by atoms with Gasteiger partial charge in [0.1, 0.15) is 12.3 Å². The third-order valence-corrected chi connectivity index (χ3v) is 5.58. The number of amides is 1. The van der Waals surface area contributed by atoms with Crippen molar-refractivity contribution in [3.8, 4) is 11.5 Å². The molecule has 0 fully saturated rings. The van der Waals surface area contributed by atoms with Crippen molar-refractivity contribution in [3.63, 3.8) is 0 Å². The molecule has 0 unspecified atom stereocenters. The SMILES string of the molecule is CCN(Cc1ccc(OCc2cccs2)c(OC)c1)c1ccc(C(N)=O)cc1[N+](=O)[O-]. The molecule has 3 rings (SSSR count). The van der Waals surface area contributed by atoms with Gasteiger partial charge < -0.3 is 20.1 Å². The highest BCUT2D eigenvalue weighted by Crippen LogP contribution is 2.33. The van der Waals surface area contributed by atoms with Crippen molar-refractivity contribution in [2.45, 2.75) is 20.1 Å². The zero-order valence-electron chi connectivity index (χ0n) is 17.2. The fourth-order valence-electron chi connectivity index (χ4n) is 3.15. The number of nitro benzene ring substituents is 1. The fraction of sp³-hybridized carbons (Fsp3) is 0.227. The van der Waals surface area contributed by atoms with E-state index in [-0.39, 0.29) is 11.3 Å². The fourth-order valence-corrected chi connectivity index (χ4v) is 3.77. The number of benzene rings is 2. The number of rotatable bonds is 10. The van der Waals surface area contributed by atoms with Gasteiger partial charge in [-0.1, -0.05) is 12.1 Å². The van der Waals surface area contributed by atoms with Gasteiger partial charge in [0.15, 0.2) is 11.5 Å². The Balaban J connectivity index is 1.83. The summed E-state index contributed by atoms with van der Waals surface area (Å²) in [5, 5.41) is 13.6. The van der Waals surface area contributed by atoms with E-state index in [2.05, 4.69) is 0 Å². The second-order valence-electron chi connectivity index (χ2n) is 6.69. The lowest BCUT2D eigenvalue weighted by Crippen LogP contribution is -2.23. The summed E-state index contributed by atoms with van der Waals surface area (Å²) in [6, 6.07) is 13.8. The maximum absolute atomic E-state index is 11.6. The van der Waals surface area contributed by atoms with Gasteiger partial charge in [0, 0.05) is 29.6 Å². The number of nitro groups is 1. The molecule has 0 radical (unpaired) electrons. The number of primary amides is 1. The predicted octanol–water partition coefficient (Wildman–Crippen LogP) is 4.37. The zero-order chi connectivity index (χ0) is 22.4. The molecule has 0 saturated carbocycles. The van der Waals surface area contributed by atoms with E-state index < -0.39 is 10.8 Å². The summed E-state index contributed by atoms with van der Waals surface area (Å²) in [6.07, 6.45) is 0. The number of nitrogens with zero attached hydrogens (tertiary/aromatic N) is 2. The maximum Gasteiger partial charge on any atom is 0.293 e. The Morgan fingerprint density at radius 2 is 2.00 bits per heavy atom. The third kappa shape index (κ3) is 5.32. The van der Waals surface area contributed by atoms with Gasteiger partial charge >= 0.3 is 0 Å². The van der Waals surface area contributed by atoms with Crippen LogP contribution in [0.15, 0.2) is 53.9 Å². The molecule has 1 aromatic heterocycles. The van der Waals surface area contributed by atoms with E-state index in [4.69, 9.17) is 15.2 Å². The Hall–Kier alpha value is -3.59. The first-order chi connectivity index (χ1) is 14.9. The number of nitrogens with two attached hydrogens (primary N) is 1. The van der Waals surface area contributed by atoms with E-state index >= 15 is 0 Å². The van der Waals surface area contributed by atoms with Crippen molar-refractivity contribution < 1.29 is 19.2 Å². The van der Waals surface area contributed by atoms with E-state index in [1.165, 1.54) is 12.1 Å². The van der Waals surface area contributed by atoms with Gasteiger partial charge in [-0.05, 0) is 48.2 Å². The van der Waals surface area contributed by atoms with Crippen LogP contribution in [-0.4, -0.2) is 24.5 Å². The van der Waals surface area contributed by atoms with Gasteiger partial charge in [0.25, 0.3) is 5.69 Å². The summed E-state index contributed by atoms with van der Waals surface area (Å²) in [5.41, 5.74) is 6.51. The molecule has 31 heavy (non-hydrogen) atoms. The number of thiophene rings is 1. The van der Waals surface area contributed by atoms with Crippen molar-refractivity contribution in [1.82, 2.24) is 0 Å². The zero-order valence-corrected chi connectivity index (χ0v) is 18.1. The second kappa shape index (κ2) is 9.94. The molecule has 2 aromatic carbocycles. The van der Waals surface area contributed by atoms with Crippen LogP contribution in [0.5, 0.6) is 11.5 Å². The molecule has 0 spiro atoms. The van der Waals surface area contributed by atoms with Crippen LogP contribution in [0.1, 0.15) is 27.7 Å². The smallest absolute Gasteiger partial charge is 0.293 e. The minimum absolute atomic E-state index is 0.0976. The van der Waals surface area contributed by atoms with E-state index in [1.807, 2.05) is 47.5 Å². The number of methoxy groups -OCH3 is 1. The molecular weight excluding hydrogens is 418 g/mol. The molecule has 0 saturated heterocycles. The summed E-state index contributed by atoms with van der Waals surface area (Å²) in [4.78, 5) is 25.4. The number of hydrogen-bond donors (Lipinski definition) is 1. The lowest BCUT2D eigenvalue weighted by atomic mass is 10.1. The second-order valence-corrected chi connectivity index (χ2v) is 7.72. The van der Waals surface area contributed by atoms with E-state index in [0.29, 0.717) is 36.9 Å². The molecule has 1 heterocycles. The summed E-state index contributed by atoms with van der Waals surface area (Å²) >= 11 is 1.62. The number of carbonyl (C=O) groups excluding carboxylic acids is 1. The standard InChI is InChI=1S/C22H23N3O5S/c1-3-24(18-8-7-16(22(23)26)12-19(18)25(27)28)13-15-6-9-20(21(11-15)29-2)30-14-17-5-4-10-31-17/h4-12H,3,13-14H2,1-2H3,(H2,23,26). The Kier molecular flexibility index (Phi) is 7.09. The Bertz CT molecular complexity index is 1070. The van der Waals surface area contributed by atoms with Crippen molar-refractivity contribution in [3.05, 3.63) is 80.0 Å². The highest BCUT2D eigenvalue weighted by atomic mass is 32.1. The first kappa shape index (κ1) is 22.1. The molecule has 8 nitrogen and oxygen atoms in total. The van der Waals surface area contributed by atoms with Gasteiger partial charge in [-0.2, -0.15) is 0 Å². The molecule has 0 aliphatic rings. The lowest BCUT2D eigenvalue weighted by Gasteiger charge is -2.23. The van der Waals surface area contributed by atoms with Gasteiger partial charge in [0.2, 0.25) is 5.91 Å². The summed E-state index contributed by atoms with van der Waals surface area (Å²) in [6.45, 7) is 3.29. The van der Waals surface area contributed by atoms with Crippen LogP contribution in [0, 0.1) is 10.1 Å². The van der Waals surface area contributed by atoms with Crippen LogP contribution in [-0.2, 0) is 13.2 Å². The van der Waals surface area contributed by atoms with Crippen LogP contribution in [0.3, 0.4) is 0 Å². The molecular formula is C22H23N3O5S. The minimum atomic E-state index is -0.708. The van der Waals surface area contributed by atoms with Crippen molar-refractivity contribution in [1.29, 1.82) is 0 Å². The topological polar surface area (TPSA) is 108 Å². The number of anilines is 1. The number of ether oxygens (including phenoxy) is 2. The first-order valence-electron chi connectivity index (χ1n) is 9.58. The highest BCUT2D eigenvalue weighted by Gasteiger charge is 2.21. The third-order valence-electron chi connectivity index (χ3n) is 4.73. The summed E-state index contributed by atoms with van der Waals surface area (Å²) in [7, 11) is 1.57. The van der Waals surface area contributed by atoms with Crippen LogP contribution in [0.25, 0.3) is 0 Å². The normalized spacial score (nSPS) is 10.5. The van der Waals surface area contributed by atoms with Gasteiger partial charge in [-0.25, -0.2) is 0 Å². The molecule has 162 valence electrons. The number of carbonyl (C=O) groups is 1. The van der Waals surface area contributed by atoms with E-state index in [9.17, 15) is 14.9 Å². The van der Waals surface area contributed by atoms with Crippen molar-refractivity contribution in [2.75, 3.05) is 18.6 Å². The lowest BCUT2D eigenvalue weighted by molar-refractivity contribution is -0.384. The molecule has 0 aliphatic heterocycles. The molecule has 0 bridgehead atoms. The maximum atomic E-state index is 11.6. The average Bonchev–Trinajstić information content (AvgIpc) is 3.29. The largest absolute Gasteiger partial charge is 0.493 e. The summed E-state index contributed by atoms with van der Waals surface area (Å²) in [5.74, 6) is 0.503. The Labute approximate surface area is 184 Å². The minimum Gasteiger partial charge on any atom is -0.493 e. The van der Waals surface area contributed by atoms with Crippen molar-refractivity contribution in [2.24, 2.45) is 5.73 Å². The Morgan fingerprint density at radius 3 is 2.61 bits per heavy atom. The summed E-state index contributed by atoms with van der Waals surface area (Å²) < 4.78 is 11.3. The Morgan fingerprint density at radius 1 is 1.19 bits per heavy atom. The van der Waals surface area contributed by atoms with Gasteiger partial charge in [-0.15, -0.1) is 11.3 Å². The number of hydrogen-bond acceptors (Lipinski definition) is 7. The molecule has 2 N–H and O–H groups in total. The molecule has 3 aromatic rings. The molecule has 0 atom stereocenters. The molecule has 0 aliphatic carbocycles. The van der Waals surface area contributed by atoms with Crippen molar-refractivity contribution >= 4 is 28.6 Å². The van der Waals surface area contributed by atoms with E-state index in [1.54, 1.807) is 24.5 Å². The van der Waals surface area contributed by atoms with Crippen LogP contribution in [0.4, 0.5) is 11.4 Å². The predicted molar refractivity (Wildman–Crippen MR) is 120 cm³/mol. The highest BCUT2D eigenvalue weighted by molar-refractivity contribution is 7.09. The molecule has 1 amide bonds. The van der Waals surface area contributed by atoms with Crippen LogP contribution >= 0.6 is 11.3 Å².